The number of anilines is 2. The molecule has 0 spiro atoms. The molecule has 1 fully saturated rings. The summed E-state index contributed by atoms with van der Waals surface area (Å²) in [5.41, 5.74) is 3.64. The molecule has 0 radical (unpaired) electrons. The van der Waals surface area contributed by atoms with Crippen molar-refractivity contribution in [3.05, 3.63) is 35.9 Å². The maximum Gasteiger partial charge on any atom is 0.404 e. The van der Waals surface area contributed by atoms with Crippen molar-refractivity contribution in [3.63, 3.8) is 0 Å². The number of H-pyrrole nitrogens is 1. The fourth-order valence-corrected chi connectivity index (χ4v) is 3.46. The fraction of sp³-hybridized carbons (Fsp3) is 0.524. The Morgan fingerprint density at radius 3 is 2.72 bits per heavy atom. The number of nitrogens with zero attached hydrogens (tertiary/aromatic N) is 4. The third kappa shape index (κ3) is 6.64. The van der Waals surface area contributed by atoms with Crippen molar-refractivity contribution in [2.24, 2.45) is 0 Å². The number of aromatic amines is 1. The molecule has 3 aromatic rings. The number of aromatic nitrogens is 5. The zero-order chi connectivity index (χ0) is 22.9. The van der Waals surface area contributed by atoms with Crippen molar-refractivity contribution in [1.29, 1.82) is 0 Å². The van der Waals surface area contributed by atoms with Gasteiger partial charge >= 0.3 is 6.09 Å². The molecule has 1 unspecified atom stereocenters. The highest BCUT2D eigenvalue weighted by molar-refractivity contribution is 5.76. The Morgan fingerprint density at radius 1 is 1.34 bits per heavy atom. The number of alkyl halides is 1. The summed E-state index contributed by atoms with van der Waals surface area (Å²) >= 11 is 0. The van der Waals surface area contributed by atoms with Gasteiger partial charge in [-0.3, -0.25) is 5.10 Å². The maximum absolute atomic E-state index is 11.8. The summed E-state index contributed by atoms with van der Waals surface area (Å²) < 4.78 is 18.4. The number of aryl methyl sites for hydroxylation is 2. The van der Waals surface area contributed by atoms with E-state index in [1.807, 2.05) is 16.8 Å². The number of ether oxygens (including phenoxy) is 1. The van der Waals surface area contributed by atoms with Crippen LogP contribution in [0.2, 0.25) is 0 Å². The Balaban J connectivity index is 0.000000184. The second-order valence-corrected chi connectivity index (χ2v) is 7.86. The minimum atomic E-state index is -0.963. The Hall–Kier alpha value is -3.21. The van der Waals surface area contributed by atoms with Gasteiger partial charge < -0.3 is 20.5 Å². The summed E-state index contributed by atoms with van der Waals surface area (Å²) in [4.78, 5) is 14.1. The molecular weight excluding hydrogens is 417 g/mol. The summed E-state index contributed by atoms with van der Waals surface area (Å²) in [6, 6.07) is 1.91. The molecule has 1 aliphatic carbocycles. The summed E-state index contributed by atoms with van der Waals surface area (Å²) in [5.74, 6) is 1.67. The van der Waals surface area contributed by atoms with Crippen molar-refractivity contribution < 1.29 is 19.0 Å². The van der Waals surface area contributed by atoms with Gasteiger partial charge in [0.2, 0.25) is 0 Å². The monoisotopic (exact) mass is 447 g/mol. The van der Waals surface area contributed by atoms with Gasteiger partial charge in [-0.05, 0) is 39.5 Å². The molecule has 2 aliphatic rings. The summed E-state index contributed by atoms with van der Waals surface area (Å²) in [7, 11) is 0. The molecule has 1 atom stereocenters. The molecule has 1 aliphatic heterocycles. The van der Waals surface area contributed by atoms with E-state index in [0.29, 0.717) is 19.6 Å². The summed E-state index contributed by atoms with van der Waals surface area (Å²) in [6.07, 6.45) is 8.97. The molecule has 32 heavy (non-hydrogen) atoms. The first-order valence-electron chi connectivity index (χ1n) is 10.8. The zero-order valence-corrected chi connectivity index (χ0v) is 18.3. The van der Waals surface area contributed by atoms with Gasteiger partial charge in [0.05, 0.1) is 18.5 Å². The average Bonchev–Trinajstić information content (AvgIpc) is 3.49. The maximum atomic E-state index is 11.8. The van der Waals surface area contributed by atoms with Crippen molar-refractivity contribution in [3.8, 4) is 0 Å². The minimum Gasteiger partial charge on any atom is -0.465 e. The number of carboxylic acid groups (broad SMARTS) is 1. The molecule has 0 bridgehead atoms. The molecule has 0 saturated carbocycles. The van der Waals surface area contributed by atoms with Crippen LogP contribution in [-0.4, -0.2) is 61.4 Å². The van der Waals surface area contributed by atoms with Gasteiger partial charge in [0.1, 0.15) is 17.5 Å². The lowest BCUT2D eigenvalue weighted by Gasteiger charge is -2.10. The number of rotatable bonds is 3. The van der Waals surface area contributed by atoms with Gasteiger partial charge in [0.15, 0.2) is 5.82 Å². The van der Waals surface area contributed by atoms with E-state index in [1.165, 1.54) is 24.1 Å². The molecule has 4 heterocycles. The number of fused-ring (bicyclic) bond motifs is 3. The second-order valence-electron chi connectivity index (χ2n) is 7.86. The van der Waals surface area contributed by atoms with Crippen LogP contribution in [0.5, 0.6) is 0 Å². The van der Waals surface area contributed by atoms with E-state index in [4.69, 9.17) is 5.11 Å². The van der Waals surface area contributed by atoms with Gasteiger partial charge in [-0.1, -0.05) is 0 Å². The first kappa shape index (κ1) is 23.5. The van der Waals surface area contributed by atoms with E-state index in [0.717, 1.165) is 30.0 Å². The van der Waals surface area contributed by atoms with E-state index < -0.39 is 12.3 Å². The Labute approximate surface area is 185 Å². The van der Waals surface area contributed by atoms with Crippen LogP contribution in [0, 0.1) is 0 Å². The SMILES string of the molecule is CC(C)NC(=O)O.FC1CCOC1.c1cc(Nc2nccn3nc4c(c23)CCCC4)[nH]n1. The van der Waals surface area contributed by atoms with Crippen molar-refractivity contribution in [2.75, 3.05) is 18.5 Å². The number of halogens is 1. The van der Waals surface area contributed by atoms with Crippen molar-refractivity contribution >= 4 is 23.2 Å². The lowest BCUT2D eigenvalue weighted by Crippen LogP contribution is -2.27. The van der Waals surface area contributed by atoms with Gasteiger partial charge in [-0.25, -0.2) is 18.7 Å². The number of carbonyl (C=O) groups is 1. The zero-order valence-electron chi connectivity index (χ0n) is 18.3. The van der Waals surface area contributed by atoms with Crippen LogP contribution in [0.3, 0.4) is 0 Å². The van der Waals surface area contributed by atoms with Crippen LogP contribution >= 0.6 is 0 Å². The van der Waals surface area contributed by atoms with Gasteiger partial charge in [0, 0.05) is 43.1 Å². The third-order valence-electron chi connectivity index (χ3n) is 4.86. The van der Waals surface area contributed by atoms with Gasteiger partial charge in [-0.2, -0.15) is 10.2 Å². The number of hydrogen-bond acceptors (Lipinski definition) is 6. The minimum absolute atomic E-state index is 0.0255. The first-order valence-corrected chi connectivity index (χ1v) is 10.8. The molecule has 3 aromatic heterocycles. The molecule has 174 valence electrons. The van der Waals surface area contributed by atoms with Crippen molar-refractivity contribution in [2.45, 2.75) is 58.2 Å². The van der Waals surface area contributed by atoms with Crippen molar-refractivity contribution in [1.82, 2.24) is 30.1 Å². The predicted molar refractivity (Wildman–Crippen MR) is 118 cm³/mol. The topological polar surface area (TPSA) is 129 Å². The molecule has 4 N–H and O–H groups in total. The standard InChI is InChI=1S/C13H14N6.C4H7FO.C4H9NO2/c1-2-4-10-9(3-1)12-13(14-7-8-19(12)18-10)16-11-5-6-15-17-11;5-4-1-2-6-3-4;1-3(2)5-4(6)7/h5-8H,1-4H2,(H2,14,15,16,17);4H,1-3H2;3,5H,1-2H3,(H,6,7). The fourth-order valence-electron chi connectivity index (χ4n) is 3.46. The normalized spacial score (nSPS) is 17.1. The van der Waals surface area contributed by atoms with Gasteiger partial charge in [0.25, 0.3) is 0 Å². The molecule has 1 amide bonds. The number of hydrogen-bond donors (Lipinski definition) is 4. The lowest BCUT2D eigenvalue weighted by atomic mass is 9.97. The molecule has 0 aromatic carbocycles. The lowest BCUT2D eigenvalue weighted by molar-refractivity contribution is 0.173. The largest absolute Gasteiger partial charge is 0.465 e. The van der Waals surface area contributed by atoms with Crippen LogP contribution in [0.1, 0.15) is 44.4 Å². The quantitative estimate of drug-likeness (QED) is 0.484. The Morgan fingerprint density at radius 2 is 2.16 bits per heavy atom. The van der Waals surface area contributed by atoms with Gasteiger partial charge in [-0.15, -0.1) is 0 Å². The van der Waals surface area contributed by atoms with E-state index >= 15 is 0 Å². The van der Waals surface area contributed by atoms with E-state index in [2.05, 4.69) is 35.7 Å². The van der Waals surface area contributed by atoms with Crippen LogP contribution in [0.25, 0.3) is 5.52 Å². The highest BCUT2D eigenvalue weighted by Gasteiger charge is 2.19. The summed E-state index contributed by atoms with van der Waals surface area (Å²) in [5, 5.41) is 24.9. The Bertz CT molecular complexity index is 985. The second kappa shape index (κ2) is 11.4. The van der Waals surface area contributed by atoms with Crippen LogP contribution in [-0.2, 0) is 17.6 Å². The average molecular weight is 448 g/mol. The molecular formula is C21H30FN7O3. The first-order chi connectivity index (χ1) is 15.4. The summed E-state index contributed by atoms with van der Waals surface area (Å²) in [6.45, 7) is 4.48. The number of nitrogens with one attached hydrogen (secondary N) is 3. The van der Waals surface area contributed by atoms with Crippen LogP contribution in [0.15, 0.2) is 24.7 Å². The Kier molecular flexibility index (Phi) is 8.37. The van der Waals surface area contributed by atoms with Crippen LogP contribution < -0.4 is 10.6 Å². The number of amides is 1. The third-order valence-corrected chi connectivity index (χ3v) is 4.86. The molecule has 11 heteroatoms. The van der Waals surface area contributed by atoms with E-state index in [-0.39, 0.29) is 6.04 Å². The highest BCUT2D eigenvalue weighted by Crippen LogP contribution is 2.29. The van der Waals surface area contributed by atoms with E-state index in [9.17, 15) is 9.18 Å². The highest BCUT2D eigenvalue weighted by atomic mass is 19.1. The molecule has 1 saturated heterocycles. The smallest absolute Gasteiger partial charge is 0.404 e. The molecule has 10 nitrogen and oxygen atoms in total. The van der Waals surface area contributed by atoms with E-state index in [1.54, 1.807) is 26.2 Å². The van der Waals surface area contributed by atoms with Crippen LogP contribution in [0.4, 0.5) is 20.8 Å². The predicted octanol–water partition coefficient (Wildman–Crippen LogP) is 3.48. The molecule has 5 rings (SSSR count).